The van der Waals surface area contributed by atoms with E-state index in [9.17, 15) is 21.6 Å². The largest absolute Gasteiger partial charge is 0.433 e. The van der Waals surface area contributed by atoms with E-state index in [1.165, 1.54) is 48.8 Å². The van der Waals surface area contributed by atoms with Crippen LogP contribution in [-0.4, -0.2) is 29.4 Å². The fourth-order valence-electron chi connectivity index (χ4n) is 3.65. The first-order valence-electron chi connectivity index (χ1n) is 10.1. The predicted octanol–water partition coefficient (Wildman–Crippen LogP) is 5.28. The van der Waals surface area contributed by atoms with E-state index in [0.29, 0.717) is 17.5 Å². The van der Waals surface area contributed by atoms with Gasteiger partial charge in [-0.05, 0) is 41.8 Å². The maximum Gasteiger partial charge on any atom is 0.433 e. The summed E-state index contributed by atoms with van der Waals surface area (Å²) in [5.74, 6) is 0. The van der Waals surface area contributed by atoms with Crippen molar-refractivity contribution in [3.05, 3.63) is 90.4 Å². The third-order valence-electron chi connectivity index (χ3n) is 5.20. The Bertz CT molecular complexity index is 1350. The Hall–Kier alpha value is -3.46. The minimum absolute atomic E-state index is 0.0262. The van der Waals surface area contributed by atoms with Crippen LogP contribution in [0.25, 0.3) is 22.4 Å². The lowest BCUT2D eigenvalue weighted by Crippen LogP contribution is -2.16. The molecule has 4 rings (SSSR count). The number of sulfone groups is 1. The molecule has 0 radical (unpaired) electrons. The highest BCUT2D eigenvalue weighted by Crippen LogP contribution is 2.42. The van der Waals surface area contributed by atoms with Crippen molar-refractivity contribution in [2.75, 3.05) is 6.26 Å². The molecule has 0 aliphatic heterocycles. The second-order valence-electron chi connectivity index (χ2n) is 7.56. The standard InChI is InChI=1S/C24H20F3N3O2S/c1-33(31,32)20-9-7-19(8-10-20)22-21(18-11-14-28-15-12-18)23(24(25,26)27)30(29-22)16-13-17-5-3-2-4-6-17/h2-12,14-15H,13,16H2,1H3. The van der Waals surface area contributed by atoms with Crippen LogP contribution in [0.5, 0.6) is 0 Å². The Morgan fingerprint density at radius 1 is 0.879 bits per heavy atom. The molecule has 33 heavy (non-hydrogen) atoms. The summed E-state index contributed by atoms with van der Waals surface area (Å²) in [6, 6.07) is 17.9. The van der Waals surface area contributed by atoms with Crippen LogP contribution in [0, 0.1) is 0 Å². The van der Waals surface area contributed by atoms with Gasteiger partial charge in [0.25, 0.3) is 0 Å². The molecule has 0 saturated carbocycles. The van der Waals surface area contributed by atoms with Crippen molar-refractivity contribution in [1.82, 2.24) is 14.8 Å². The van der Waals surface area contributed by atoms with Gasteiger partial charge < -0.3 is 0 Å². The zero-order chi connectivity index (χ0) is 23.6. The van der Waals surface area contributed by atoms with Crippen LogP contribution in [-0.2, 0) is 29.0 Å². The first kappa shape index (κ1) is 22.7. The van der Waals surface area contributed by atoms with Gasteiger partial charge in [-0.3, -0.25) is 9.67 Å². The van der Waals surface area contributed by atoms with Crippen molar-refractivity contribution in [3.63, 3.8) is 0 Å². The Labute approximate surface area is 189 Å². The predicted molar refractivity (Wildman–Crippen MR) is 119 cm³/mol. The maximum atomic E-state index is 14.3. The minimum atomic E-state index is -4.66. The van der Waals surface area contributed by atoms with Gasteiger partial charge in [-0.2, -0.15) is 18.3 Å². The Morgan fingerprint density at radius 2 is 1.52 bits per heavy atom. The Balaban J connectivity index is 1.88. The topological polar surface area (TPSA) is 64.8 Å². The lowest BCUT2D eigenvalue weighted by atomic mass is 9.99. The number of nitrogens with zero attached hydrogens (tertiary/aromatic N) is 3. The summed E-state index contributed by atoms with van der Waals surface area (Å²) >= 11 is 0. The van der Waals surface area contributed by atoms with Gasteiger partial charge in [0.1, 0.15) is 5.69 Å². The molecule has 0 unspecified atom stereocenters. The third kappa shape index (κ3) is 4.98. The smallest absolute Gasteiger partial charge is 0.265 e. The quantitative estimate of drug-likeness (QED) is 0.384. The van der Waals surface area contributed by atoms with Crippen molar-refractivity contribution in [3.8, 4) is 22.4 Å². The van der Waals surface area contributed by atoms with Gasteiger partial charge in [0.05, 0.1) is 4.90 Å². The number of rotatable bonds is 6. The molecule has 0 N–H and O–H groups in total. The summed E-state index contributed by atoms with van der Waals surface area (Å²) in [6.07, 6.45) is -0.369. The molecule has 4 aromatic rings. The SMILES string of the molecule is CS(=O)(=O)c1ccc(-c2nn(CCc3ccccc3)c(C(F)(F)F)c2-c2ccncc2)cc1. The molecule has 0 bridgehead atoms. The van der Waals surface area contributed by atoms with E-state index in [1.54, 1.807) is 0 Å². The van der Waals surface area contributed by atoms with E-state index < -0.39 is 21.7 Å². The number of hydrogen-bond acceptors (Lipinski definition) is 4. The van der Waals surface area contributed by atoms with E-state index in [2.05, 4.69) is 10.1 Å². The van der Waals surface area contributed by atoms with E-state index in [4.69, 9.17) is 0 Å². The molecule has 0 atom stereocenters. The highest BCUT2D eigenvalue weighted by molar-refractivity contribution is 7.90. The second-order valence-corrected chi connectivity index (χ2v) is 9.58. The molecule has 9 heteroatoms. The summed E-state index contributed by atoms with van der Waals surface area (Å²) in [5.41, 5.74) is 0.813. The molecule has 0 aliphatic carbocycles. The normalized spacial score (nSPS) is 12.1. The molecule has 170 valence electrons. The van der Waals surface area contributed by atoms with Gasteiger partial charge in [0.2, 0.25) is 0 Å². The van der Waals surface area contributed by atoms with Gasteiger partial charge in [0.15, 0.2) is 15.5 Å². The van der Waals surface area contributed by atoms with Crippen molar-refractivity contribution in [2.45, 2.75) is 24.0 Å². The van der Waals surface area contributed by atoms with Crippen molar-refractivity contribution < 1.29 is 21.6 Å². The molecule has 0 spiro atoms. The van der Waals surface area contributed by atoms with E-state index >= 15 is 0 Å². The highest BCUT2D eigenvalue weighted by atomic mass is 32.2. The number of alkyl halides is 3. The molecule has 2 aromatic heterocycles. The molecule has 2 heterocycles. The molecular formula is C24H20F3N3O2S. The fraction of sp³-hybridized carbons (Fsp3) is 0.167. The zero-order valence-electron chi connectivity index (χ0n) is 17.6. The van der Waals surface area contributed by atoms with Crippen LogP contribution in [0.4, 0.5) is 13.2 Å². The third-order valence-corrected chi connectivity index (χ3v) is 6.33. The lowest BCUT2D eigenvalue weighted by Gasteiger charge is -2.13. The lowest BCUT2D eigenvalue weighted by molar-refractivity contribution is -0.143. The van der Waals surface area contributed by atoms with Crippen LogP contribution >= 0.6 is 0 Å². The minimum Gasteiger partial charge on any atom is -0.265 e. The summed E-state index contributed by atoms with van der Waals surface area (Å²) < 4.78 is 67.5. The number of halogens is 3. The molecule has 5 nitrogen and oxygen atoms in total. The van der Waals surface area contributed by atoms with Crippen molar-refractivity contribution in [1.29, 1.82) is 0 Å². The molecule has 2 aromatic carbocycles. The van der Waals surface area contributed by atoms with E-state index in [-0.39, 0.29) is 22.7 Å². The number of aromatic nitrogens is 3. The van der Waals surface area contributed by atoms with Crippen molar-refractivity contribution in [2.24, 2.45) is 0 Å². The molecular weight excluding hydrogens is 451 g/mol. The highest BCUT2D eigenvalue weighted by Gasteiger charge is 2.40. The van der Waals surface area contributed by atoms with Gasteiger partial charge in [-0.15, -0.1) is 0 Å². The van der Waals surface area contributed by atoms with Crippen molar-refractivity contribution >= 4 is 9.84 Å². The molecule has 0 amide bonds. The number of hydrogen-bond donors (Lipinski definition) is 0. The fourth-order valence-corrected chi connectivity index (χ4v) is 4.28. The summed E-state index contributed by atoms with van der Waals surface area (Å²) in [4.78, 5) is 3.99. The van der Waals surface area contributed by atoms with E-state index in [0.717, 1.165) is 16.5 Å². The van der Waals surface area contributed by atoms with Crippen LogP contribution in [0.1, 0.15) is 11.3 Å². The van der Waals surface area contributed by atoms with E-state index in [1.807, 2.05) is 30.3 Å². The number of pyridine rings is 1. The van der Waals surface area contributed by atoms with Gasteiger partial charge in [-0.25, -0.2) is 8.42 Å². The van der Waals surface area contributed by atoms with Gasteiger partial charge >= 0.3 is 6.18 Å². The number of benzene rings is 2. The first-order valence-corrected chi connectivity index (χ1v) is 12.0. The van der Waals surface area contributed by atoms with Crippen LogP contribution < -0.4 is 0 Å². The maximum absolute atomic E-state index is 14.3. The summed E-state index contributed by atoms with van der Waals surface area (Å²) in [5, 5.41) is 4.36. The number of aryl methyl sites for hydroxylation is 2. The average molecular weight is 472 g/mol. The summed E-state index contributed by atoms with van der Waals surface area (Å²) in [6.45, 7) is 0.0262. The molecule has 0 aliphatic rings. The monoisotopic (exact) mass is 471 g/mol. The summed E-state index contributed by atoms with van der Waals surface area (Å²) in [7, 11) is -3.44. The zero-order valence-corrected chi connectivity index (χ0v) is 18.4. The molecule has 0 saturated heterocycles. The van der Waals surface area contributed by atoms with Crippen LogP contribution in [0.15, 0.2) is 84.0 Å². The molecule has 0 fully saturated rings. The Morgan fingerprint density at radius 3 is 2.09 bits per heavy atom. The van der Waals surface area contributed by atoms with Gasteiger partial charge in [-0.1, -0.05) is 42.5 Å². The average Bonchev–Trinajstić information content (AvgIpc) is 3.19. The Kier molecular flexibility index (Phi) is 6.07. The first-order chi connectivity index (χ1) is 15.6. The van der Waals surface area contributed by atoms with Crippen LogP contribution in [0.2, 0.25) is 0 Å². The second kappa shape index (κ2) is 8.82. The van der Waals surface area contributed by atoms with Crippen LogP contribution in [0.3, 0.4) is 0 Å². The van der Waals surface area contributed by atoms with Gasteiger partial charge in [0, 0.05) is 36.3 Å².